The summed E-state index contributed by atoms with van der Waals surface area (Å²) in [6.45, 7) is 5.38. The second kappa shape index (κ2) is 10.7. The summed E-state index contributed by atoms with van der Waals surface area (Å²) >= 11 is 4.78. The maximum Gasteiger partial charge on any atom is 0.330 e. The van der Waals surface area contributed by atoms with Crippen LogP contribution in [0.15, 0.2) is 12.7 Å². The lowest BCUT2D eigenvalue weighted by molar-refractivity contribution is -0.137. The molecule has 0 aliphatic heterocycles. The van der Waals surface area contributed by atoms with Crippen molar-refractivity contribution < 1.29 is 9.53 Å². The number of carbonyl (C=O) groups is 1. The van der Waals surface area contributed by atoms with Crippen molar-refractivity contribution in [1.29, 1.82) is 0 Å². The minimum atomic E-state index is -0.359. The van der Waals surface area contributed by atoms with Crippen LogP contribution in [0.5, 0.6) is 0 Å². The normalized spacial score (nSPS) is 6.89. The molecule has 54 valence electrons. The highest BCUT2D eigenvalue weighted by Gasteiger charge is 1.86. The lowest BCUT2D eigenvalue weighted by atomic mass is 10.6. The predicted molar refractivity (Wildman–Crippen MR) is 42.6 cm³/mol. The Hall–Kier alpha value is -0.283. The van der Waals surface area contributed by atoms with E-state index in [1.54, 1.807) is 6.92 Å². The van der Waals surface area contributed by atoms with Gasteiger partial charge in [0.05, 0.1) is 6.61 Å². The van der Waals surface area contributed by atoms with Gasteiger partial charge in [-0.3, -0.25) is 0 Å². The molecule has 0 heterocycles. The van der Waals surface area contributed by atoms with E-state index in [1.807, 2.05) is 0 Å². The molecular formula is C5H11ClO2Si. The zero-order chi connectivity index (χ0) is 7.70. The number of hydrogen-bond donors (Lipinski definition) is 0. The highest BCUT2D eigenvalue weighted by Crippen LogP contribution is 1.74. The summed E-state index contributed by atoms with van der Waals surface area (Å²) in [5.74, 6) is -0.359. The van der Waals surface area contributed by atoms with Gasteiger partial charge in [-0.2, -0.15) is 11.1 Å². The average Bonchev–Trinajstić information content (AvgIpc) is 1.93. The molecule has 0 aliphatic carbocycles. The molecule has 0 aromatic rings. The molecule has 0 aliphatic rings. The molecule has 0 saturated heterocycles. The fraction of sp³-hybridized carbons (Fsp3) is 0.400. The Morgan fingerprint density at radius 2 is 2.33 bits per heavy atom. The minimum Gasteiger partial charge on any atom is -0.463 e. The monoisotopic (exact) mass is 166 g/mol. The molecule has 4 heteroatoms. The van der Waals surface area contributed by atoms with Crippen molar-refractivity contribution >= 4 is 26.6 Å². The summed E-state index contributed by atoms with van der Waals surface area (Å²) in [6, 6.07) is 0. The molecule has 0 bridgehead atoms. The fourth-order valence-corrected chi connectivity index (χ4v) is 0.201. The van der Waals surface area contributed by atoms with Crippen molar-refractivity contribution in [2.24, 2.45) is 0 Å². The van der Waals surface area contributed by atoms with E-state index in [1.165, 1.54) is 0 Å². The molecule has 0 fully saturated rings. The van der Waals surface area contributed by atoms with E-state index in [2.05, 4.69) is 11.3 Å². The quantitative estimate of drug-likeness (QED) is 0.254. The van der Waals surface area contributed by atoms with Gasteiger partial charge in [-0.1, -0.05) is 6.58 Å². The van der Waals surface area contributed by atoms with Crippen LogP contribution in [0.3, 0.4) is 0 Å². The van der Waals surface area contributed by atoms with Crippen LogP contribution in [0.25, 0.3) is 0 Å². The zero-order valence-corrected chi connectivity index (χ0v) is 8.44. The first-order chi connectivity index (χ1) is 4.31. The molecule has 0 amide bonds. The van der Waals surface area contributed by atoms with Crippen LogP contribution < -0.4 is 0 Å². The summed E-state index contributed by atoms with van der Waals surface area (Å²) in [5.41, 5.74) is 0. The van der Waals surface area contributed by atoms with Gasteiger partial charge in [0.15, 0.2) is 0 Å². The molecule has 0 spiro atoms. The number of hydrogen-bond acceptors (Lipinski definition) is 2. The van der Waals surface area contributed by atoms with Crippen molar-refractivity contribution in [3.8, 4) is 0 Å². The van der Waals surface area contributed by atoms with E-state index in [-0.39, 0.29) is 5.97 Å². The first-order valence-electron chi connectivity index (χ1n) is 2.48. The Morgan fingerprint density at radius 3 is 2.44 bits per heavy atom. The lowest BCUT2D eigenvalue weighted by Gasteiger charge is -1.90. The standard InChI is InChI=1S/C5H8O2.ClH3Si/c1-3-5(6)7-4-2;1-2/h3H,1,4H2,2H3;2H3. The summed E-state index contributed by atoms with van der Waals surface area (Å²) in [5, 5.41) is 0. The van der Waals surface area contributed by atoms with Crippen molar-refractivity contribution in [3.05, 3.63) is 12.7 Å². The van der Waals surface area contributed by atoms with Gasteiger partial charge in [-0.15, -0.1) is 0 Å². The first kappa shape index (κ1) is 11.5. The van der Waals surface area contributed by atoms with Crippen molar-refractivity contribution in [2.45, 2.75) is 6.92 Å². The van der Waals surface area contributed by atoms with Crippen LogP contribution in [0.2, 0.25) is 0 Å². The van der Waals surface area contributed by atoms with Gasteiger partial charge >= 0.3 is 5.97 Å². The number of halogens is 1. The summed E-state index contributed by atoms with van der Waals surface area (Å²) in [6.07, 6.45) is 1.14. The Bertz CT molecular complexity index is 85.0. The molecule has 2 nitrogen and oxygen atoms in total. The van der Waals surface area contributed by atoms with E-state index in [9.17, 15) is 4.79 Å². The molecule has 0 aromatic carbocycles. The zero-order valence-electron chi connectivity index (χ0n) is 5.69. The highest BCUT2D eigenvalue weighted by atomic mass is 35.6. The van der Waals surface area contributed by atoms with Gasteiger partial charge in [-0.05, 0) is 6.92 Å². The van der Waals surface area contributed by atoms with Gasteiger partial charge in [0.25, 0.3) is 0 Å². The van der Waals surface area contributed by atoms with E-state index in [0.717, 1.165) is 15.6 Å². The third kappa shape index (κ3) is 11.3. The Kier molecular flexibility index (Phi) is 13.6. The van der Waals surface area contributed by atoms with Crippen LogP contribution >= 0.6 is 11.1 Å². The molecule has 9 heavy (non-hydrogen) atoms. The molecule has 0 N–H and O–H groups in total. The van der Waals surface area contributed by atoms with Crippen LogP contribution in [0.4, 0.5) is 0 Å². The van der Waals surface area contributed by atoms with Crippen LogP contribution in [0, 0.1) is 0 Å². The molecule has 0 unspecified atom stereocenters. The van der Waals surface area contributed by atoms with Gasteiger partial charge < -0.3 is 4.74 Å². The molecule has 0 radical (unpaired) electrons. The smallest absolute Gasteiger partial charge is 0.330 e. The maximum atomic E-state index is 10.1. The van der Waals surface area contributed by atoms with E-state index in [0.29, 0.717) is 6.61 Å². The maximum absolute atomic E-state index is 10.1. The Labute approximate surface area is 63.0 Å². The van der Waals surface area contributed by atoms with Gasteiger partial charge in [0.2, 0.25) is 0 Å². The molecule has 0 saturated carbocycles. The molecule has 0 aromatic heterocycles. The van der Waals surface area contributed by atoms with Crippen LogP contribution in [-0.4, -0.2) is 22.1 Å². The molecule has 0 atom stereocenters. The minimum absolute atomic E-state index is 0.359. The molecular weight excluding hydrogens is 156 g/mol. The van der Waals surface area contributed by atoms with Crippen LogP contribution in [0.1, 0.15) is 6.92 Å². The largest absolute Gasteiger partial charge is 0.463 e. The fourth-order valence-electron chi connectivity index (χ4n) is 0.201. The summed E-state index contributed by atoms with van der Waals surface area (Å²) < 4.78 is 4.43. The SMILES string of the molecule is C=CC(=O)OCC.[SiH3]Cl. The van der Waals surface area contributed by atoms with Gasteiger partial charge in [0, 0.05) is 6.08 Å². The van der Waals surface area contributed by atoms with Crippen molar-refractivity contribution in [3.63, 3.8) is 0 Å². The number of esters is 1. The number of carbonyl (C=O) groups excluding carboxylic acids is 1. The summed E-state index contributed by atoms with van der Waals surface area (Å²) in [4.78, 5) is 10.1. The Morgan fingerprint density at radius 1 is 1.89 bits per heavy atom. The topological polar surface area (TPSA) is 26.3 Å². The van der Waals surface area contributed by atoms with Crippen LogP contribution in [-0.2, 0) is 9.53 Å². The Balaban J connectivity index is 0. The second-order valence-electron chi connectivity index (χ2n) is 0.956. The van der Waals surface area contributed by atoms with E-state index >= 15 is 0 Å². The van der Waals surface area contributed by atoms with Gasteiger partial charge in [0.1, 0.15) is 9.55 Å². The van der Waals surface area contributed by atoms with Crippen molar-refractivity contribution in [2.75, 3.05) is 6.61 Å². The summed E-state index contributed by atoms with van der Waals surface area (Å²) in [7, 11) is 0.778. The van der Waals surface area contributed by atoms with E-state index in [4.69, 9.17) is 11.1 Å². The second-order valence-corrected chi connectivity index (χ2v) is 0.956. The molecule has 0 rings (SSSR count). The number of ether oxygens (including phenoxy) is 1. The lowest BCUT2D eigenvalue weighted by Crippen LogP contribution is -1.97. The van der Waals surface area contributed by atoms with E-state index < -0.39 is 0 Å². The first-order valence-corrected chi connectivity index (χ1v) is 5.50. The third-order valence-electron chi connectivity index (χ3n) is 0.453. The number of rotatable bonds is 2. The third-order valence-corrected chi connectivity index (χ3v) is 0.453. The average molecular weight is 167 g/mol. The van der Waals surface area contributed by atoms with Crippen molar-refractivity contribution in [1.82, 2.24) is 0 Å². The highest BCUT2D eigenvalue weighted by molar-refractivity contribution is 6.80. The predicted octanol–water partition coefficient (Wildman–Crippen LogP) is 0.241. The van der Waals surface area contributed by atoms with Gasteiger partial charge in [-0.25, -0.2) is 4.79 Å².